The lowest BCUT2D eigenvalue weighted by molar-refractivity contribution is -0.138. The number of unbranched alkanes of at least 4 members (excludes halogenated alkanes) is 2. The Morgan fingerprint density at radius 3 is 2.55 bits per heavy atom. The molecule has 3 amide bonds. The molecule has 0 saturated carbocycles. The van der Waals surface area contributed by atoms with Crippen LogP contribution in [0.5, 0.6) is 0 Å². The summed E-state index contributed by atoms with van der Waals surface area (Å²) in [4.78, 5) is 43.6. The van der Waals surface area contributed by atoms with E-state index in [1.807, 2.05) is 62.4 Å². The zero-order chi connectivity index (χ0) is 27.0. The van der Waals surface area contributed by atoms with Gasteiger partial charge in [-0.1, -0.05) is 37.3 Å². The summed E-state index contributed by atoms with van der Waals surface area (Å²) in [5.41, 5.74) is 3.48. The quantitative estimate of drug-likeness (QED) is 0.414. The van der Waals surface area contributed by atoms with Crippen LogP contribution in [0.15, 0.2) is 48.5 Å². The number of carbonyl (C=O) groups excluding carboxylic acids is 3. The highest BCUT2D eigenvalue weighted by Crippen LogP contribution is 2.68. The van der Waals surface area contributed by atoms with Gasteiger partial charge in [-0.2, -0.15) is 0 Å². The fourth-order valence-electron chi connectivity index (χ4n) is 6.75. The van der Waals surface area contributed by atoms with Crippen molar-refractivity contribution in [1.29, 1.82) is 0 Å². The van der Waals surface area contributed by atoms with Crippen LogP contribution in [0.4, 0.5) is 11.4 Å². The first kappa shape index (κ1) is 26.8. The van der Waals surface area contributed by atoms with Crippen LogP contribution < -0.4 is 10.6 Å². The van der Waals surface area contributed by atoms with E-state index in [9.17, 15) is 19.5 Å². The summed E-state index contributed by atoms with van der Waals surface area (Å²) in [5, 5.41) is 15.4. The number of nitrogens with zero attached hydrogens (tertiary/aromatic N) is 1. The van der Waals surface area contributed by atoms with Gasteiger partial charge in [-0.25, -0.2) is 0 Å². The standard InChI is InChI=1S/C30H37N3O4S/c1-18-12-13-19(2)22(16-18)32-28(36)26-30-20(3)17-23(38-30)24(27(35)31-21-10-6-4-7-11-21)25(30)29(37)33(26)14-8-5-9-15-34/h4,6-7,10-13,16,20,23-26,34H,5,8-9,14-15,17H2,1-3H3,(H,31,35)(H,32,36)/t20?,23-,24+,25+,26?,30?/m1/s1. The molecule has 3 fully saturated rings. The second kappa shape index (κ2) is 10.7. The van der Waals surface area contributed by atoms with Crippen molar-refractivity contribution < 1.29 is 19.5 Å². The van der Waals surface area contributed by atoms with Gasteiger partial charge in [0.2, 0.25) is 17.7 Å². The third-order valence-corrected chi connectivity index (χ3v) is 10.6. The van der Waals surface area contributed by atoms with E-state index in [4.69, 9.17) is 0 Å². The van der Waals surface area contributed by atoms with Gasteiger partial charge in [0.05, 0.1) is 16.6 Å². The molecule has 202 valence electrons. The van der Waals surface area contributed by atoms with E-state index in [0.717, 1.165) is 29.7 Å². The number of aryl methyl sites for hydroxylation is 2. The molecule has 0 radical (unpaired) electrons. The van der Waals surface area contributed by atoms with Crippen molar-refractivity contribution in [3.8, 4) is 0 Å². The number of fused-ring (bicyclic) bond motifs is 1. The Labute approximate surface area is 228 Å². The average molecular weight is 536 g/mol. The summed E-state index contributed by atoms with van der Waals surface area (Å²) in [6.07, 6.45) is 2.93. The smallest absolute Gasteiger partial charge is 0.248 e. The number of benzene rings is 2. The van der Waals surface area contributed by atoms with Crippen molar-refractivity contribution in [2.75, 3.05) is 23.8 Å². The van der Waals surface area contributed by atoms with E-state index < -0.39 is 22.6 Å². The number of carbonyl (C=O) groups is 3. The van der Waals surface area contributed by atoms with Gasteiger partial charge < -0.3 is 20.6 Å². The van der Waals surface area contributed by atoms with E-state index in [0.29, 0.717) is 25.1 Å². The summed E-state index contributed by atoms with van der Waals surface area (Å²) in [6.45, 7) is 6.63. The number of anilines is 2. The van der Waals surface area contributed by atoms with Crippen LogP contribution in [-0.2, 0) is 14.4 Å². The number of rotatable bonds is 9. The highest BCUT2D eigenvalue weighted by molar-refractivity contribution is 8.02. The van der Waals surface area contributed by atoms with Gasteiger partial charge in [0.15, 0.2) is 0 Å². The summed E-state index contributed by atoms with van der Waals surface area (Å²) >= 11 is 1.69. The maximum atomic E-state index is 14.1. The van der Waals surface area contributed by atoms with Crippen LogP contribution in [0, 0.1) is 31.6 Å². The molecule has 5 rings (SSSR count). The molecule has 3 aliphatic heterocycles. The molecule has 3 heterocycles. The predicted octanol–water partition coefficient (Wildman–Crippen LogP) is 4.38. The number of aliphatic hydroxyl groups is 1. The Hall–Kier alpha value is -2.84. The average Bonchev–Trinajstić information content (AvgIpc) is 3.48. The number of nitrogens with one attached hydrogen (secondary N) is 2. The molecule has 1 spiro atoms. The van der Waals surface area contributed by atoms with Crippen LogP contribution in [0.1, 0.15) is 43.7 Å². The number of hydrogen-bond acceptors (Lipinski definition) is 5. The minimum Gasteiger partial charge on any atom is -0.396 e. The fourth-order valence-corrected chi connectivity index (χ4v) is 9.17. The molecule has 6 atom stereocenters. The zero-order valence-corrected chi connectivity index (χ0v) is 23.1. The number of thioether (sulfide) groups is 1. The molecule has 3 aliphatic rings. The molecule has 2 bridgehead atoms. The molecule has 0 aliphatic carbocycles. The lowest BCUT2D eigenvalue weighted by atomic mass is 9.66. The first-order valence-corrected chi connectivity index (χ1v) is 14.5. The Bertz CT molecular complexity index is 1220. The Morgan fingerprint density at radius 1 is 1.05 bits per heavy atom. The number of hydrogen-bond donors (Lipinski definition) is 3. The topological polar surface area (TPSA) is 98.7 Å². The molecule has 3 unspecified atom stereocenters. The summed E-state index contributed by atoms with van der Waals surface area (Å²) in [7, 11) is 0. The van der Waals surface area contributed by atoms with Gasteiger partial charge in [-0.15, -0.1) is 11.8 Å². The minimum absolute atomic E-state index is 0.00444. The normalized spacial score (nSPS) is 29.4. The van der Waals surface area contributed by atoms with Crippen molar-refractivity contribution in [3.05, 3.63) is 59.7 Å². The van der Waals surface area contributed by atoms with Crippen molar-refractivity contribution in [2.45, 2.75) is 62.5 Å². The predicted molar refractivity (Wildman–Crippen MR) is 151 cm³/mol. The highest BCUT2D eigenvalue weighted by Gasteiger charge is 2.75. The molecule has 38 heavy (non-hydrogen) atoms. The molecule has 3 saturated heterocycles. The number of aliphatic hydroxyl groups excluding tert-OH is 1. The van der Waals surface area contributed by atoms with E-state index in [2.05, 4.69) is 17.6 Å². The molecular weight excluding hydrogens is 498 g/mol. The molecule has 2 aromatic carbocycles. The SMILES string of the molecule is Cc1ccc(C)c(NC(=O)C2N(CCCCCO)C(=O)[C@@H]3[C@@H](C(=O)Nc4ccccc4)[C@H]4CC(C)C23S4)c1. The maximum absolute atomic E-state index is 14.1. The fraction of sp³-hybridized carbons (Fsp3) is 0.500. The molecule has 8 heteroatoms. The summed E-state index contributed by atoms with van der Waals surface area (Å²) < 4.78 is -0.654. The first-order valence-electron chi connectivity index (χ1n) is 13.6. The Balaban J connectivity index is 1.48. The van der Waals surface area contributed by atoms with E-state index in [1.54, 1.807) is 16.7 Å². The van der Waals surface area contributed by atoms with Crippen LogP contribution in [0.2, 0.25) is 0 Å². The van der Waals surface area contributed by atoms with Gasteiger partial charge in [0.25, 0.3) is 0 Å². The Kier molecular flexibility index (Phi) is 7.56. The molecule has 2 aromatic rings. The largest absolute Gasteiger partial charge is 0.396 e. The van der Waals surface area contributed by atoms with Gasteiger partial charge >= 0.3 is 0 Å². The molecule has 3 N–H and O–H groups in total. The third-order valence-electron chi connectivity index (χ3n) is 8.55. The van der Waals surface area contributed by atoms with Gasteiger partial charge in [-0.3, -0.25) is 14.4 Å². The van der Waals surface area contributed by atoms with E-state index >= 15 is 0 Å². The van der Waals surface area contributed by atoms with Crippen molar-refractivity contribution in [3.63, 3.8) is 0 Å². The second-order valence-electron chi connectivity index (χ2n) is 11.0. The van der Waals surface area contributed by atoms with Crippen LogP contribution >= 0.6 is 11.8 Å². The number of para-hydroxylation sites is 1. The highest BCUT2D eigenvalue weighted by atomic mass is 32.2. The summed E-state index contributed by atoms with van der Waals surface area (Å²) in [6, 6.07) is 14.6. The monoisotopic (exact) mass is 535 g/mol. The van der Waals surface area contributed by atoms with Crippen LogP contribution in [-0.4, -0.2) is 56.9 Å². The minimum atomic E-state index is -0.659. The van der Waals surface area contributed by atoms with Crippen LogP contribution in [0.3, 0.4) is 0 Å². The Morgan fingerprint density at radius 2 is 1.82 bits per heavy atom. The summed E-state index contributed by atoms with van der Waals surface area (Å²) in [5.74, 6) is -1.33. The van der Waals surface area contributed by atoms with E-state index in [1.165, 1.54) is 0 Å². The van der Waals surface area contributed by atoms with Crippen molar-refractivity contribution in [1.82, 2.24) is 4.90 Å². The van der Waals surface area contributed by atoms with Crippen LogP contribution in [0.25, 0.3) is 0 Å². The van der Waals surface area contributed by atoms with Gasteiger partial charge in [-0.05, 0) is 74.8 Å². The second-order valence-corrected chi connectivity index (χ2v) is 12.6. The van der Waals surface area contributed by atoms with Gasteiger partial charge in [0, 0.05) is 29.8 Å². The molecular formula is C30H37N3O4S. The van der Waals surface area contributed by atoms with Gasteiger partial charge in [0.1, 0.15) is 6.04 Å². The third kappa shape index (κ3) is 4.51. The maximum Gasteiger partial charge on any atom is 0.248 e. The van der Waals surface area contributed by atoms with Crippen molar-refractivity contribution in [2.24, 2.45) is 17.8 Å². The van der Waals surface area contributed by atoms with E-state index in [-0.39, 0.29) is 35.5 Å². The van der Waals surface area contributed by atoms with Crippen molar-refractivity contribution >= 4 is 40.9 Å². The number of amides is 3. The molecule has 7 nitrogen and oxygen atoms in total. The lowest BCUT2D eigenvalue weighted by Crippen LogP contribution is -2.54. The molecule has 0 aromatic heterocycles. The number of likely N-dealkylation sites (tertiary alicyclic amines) is 1. The zero-order valence-electron chi connectivity index (χ0n) is 22.3. The lowest BCUT2D eigenvalue weighted by Gasteiger charge is -2.38. The first-order chi connectivity index (χ1) is 18.3.